The van der Waals surface area contributed by atoms with E-state index in [1.54, 1.807) is 41.6 Å². The molecule has 7 nitrogen and oxygen atoms in total. The molecule has 2 aromatic heterocycles. The molecule has 1 aliphatic heterocycles. The predicted molar refractivity (Wildman–Crippen MR) is 132 cm³/mol. The number of imide groups is 1. The van der Waals surface area contributed by atoms with Gasteiger partial charge in [-0.05, 0) is 60.0 Å². The van der Waals surface area contributed by atoms with Crippen LogP contribution in [0.5, 0.6) is 0 Å². The van der Waals surface area contributed by atoms with Gasteiger partial charge in [-0.3, -0.25) is 29.2 Å². The fourth-order valence-corrected chi connectivity index (χ4v) is 4.99. The summed E-state index contributed by atoms with van der Waals surface area (Å²) < 4.78 is 1.03. The average molecular weight is 471 g/mol. The largest absolute Gasteiger partial charge is 0.279 e. The number of anilines is 2. The first-order chi connectivity index (χ1) is 16.5. The molecule has 170 valence electrons. The number of pyridine rings is 1. The number of nitrogens with zero attached hydrogens (tertiary/aromatic N) is 4. The number of benzene rings is 2. The van der Waals surface area contributed by atoms with Crippen LogP contribution in [0, 0.1) is 0 Å². The molecule has 4 aromatic rings. The van der Waals surface area contributed by atoms with Gasteiger partial charge in [0.05, 0.1) is 22.4 Å². The monoisotopic (exact) mass is 470 g/mol. The predicted octanol–water partition coefficient (Wildman–Crippen LogP) is 4.75. The number of hydrogen-bond acceptors (Lipinski definition) is 6. The van der Waals surface area contributed by atoms with Crippen molar-refractivity contribution in [3.8, 4) is 0 Å². The highest BCUT2D eigenvalue weighted by molar-refractivity contribution is 7.22. The van der Waals surface area contributed by atoms with Crippen LogP contribution in [-0.4, -0.2) is 27.7 Å². The van der Waals surface area contributed by atoms with Gasteiger partial charge in [-0.25, -0.2) is 4.98 Å². The second-order valence-corrected chi connectivity index (χ2v) is 9.08. The second-order valence-electron chi connectivity index (χ2n) is 8.07. The molecule has 1 saturated heterocycles. The molecular weight excluding hydrogens is 448 g/mol. The Morgan fingerprint density at radius 1 is 1.03 bits per heavy atom. The molecule has 0 aliphatic carbocycles. The zero-order valence-electron chi connectivity index (χ0n) is 18.6. The number of aromatic nitrogens is 2. The lowest BCUT2D eigenvalue weighted by atomic mass is 10.1. The number of aryl methyl sites for hydroxylation is 1. The molecule has 1 aliphatic rings. The van der Waals surface area contributed by atoms with Gasteiger partial charge in [-0.15, -0.1) is 0 Å². The molecule has 0 bridgehead atoms. The highest BCUT2D eigenvalue weighted by atomic mass is 32.1. The molecule has 0 atom stereocenters. The molecule has 2 aromatic carbocycles. The molecule has 34 heavy (non-hydrogen) atoms. The standard InChI is InChI=1S/C26H22N4O3S/c1-2-17-5-10-21-22(14-17)34-26(28-21)29(16-18-4-3-13-27-15-18)25(33)19-6-8-20(9-7-19)30-23(31)11-12-24(30)32/h3-10,13-15H,2,11-12,16H2,1H3. The number of rotatable bonds is 6. The molecule has 1 fully saturated rings. The molecule has 0 N–H and O–H groups in total. The van der Waals surface area contributed by atoms with Gasteiger partial charge < -0.3 is 0 Å². The molecule has 5 rings (SSSR count). The highest BCUT2D eigenvalue weighted by Crippen LogP contribution is 2.32. The van der Waals surface area contributed by atoms with Crippen LogP contribution in [0.1, 0.15) is 41.3 Å². The Morgan fingerprint density at radius 3 is 2.47 bits per heavy atom. The van der Waals surface area contributed by atoms with Crippen LogP contribution in [0.15, 0.2) is 67.0 Å². The first-order valence-electron chi connectivity index (χ1n) is 11.1. The molecule has 0 radical (unpaired) electrons. The summed E-state index contributed by atoms with van der Waals surface area (Å²) in [6.45, 7) is 2.42. The summed E-state index contributed by atoms with van der Waals surface area (Å²) in [7, 11) is 0. The van der Waals surface area contributed by atoms with E-state index in [-0.39, 0.29) is 30.6 Å². The fraction of sp³-hybridized carbons (Fsp3) is 0.192. The maximum Gasteiger partial charge on any atom is 0.260 e. The van der Waals surface area contributed by atoms with Crippen molar-refractivity contribution in [3.05, 3.63) is 83.7 Å². The zero-order valence-corrected chi connectivity index (χ0v) is 19.4. The van der Waals surface area contributed by atoms with Gasteiger partial charge in [-0.1, -0.05) is 30.4 Å². The van der Waals surface area contributed by atoms with Crippen LogP contribution in [0.2, 0.25) is 0 Å². The molecule has 3 amide bonds. The maximum absolute atomic E-state index is 13.6. The van der Waals surface area contributed by atoms with Gasteiger partial charge in [0, 0.05) is 30.8 Å². The van der Waals surface area contributed by atoms with E-state index in [2.05, 4.69) is 24.0 Å². The van der Waals surface area contributed by atoms with Crippen LogP contribution < -0.4 is 9.80 Å². The summed E-state index contributed by atoms with van der Waals surface area (Å²) in [6.07, 6.45) is 4.79. The third-order valence-corrected chi connectivity index (χ3v) is 6.85. The smallest absolute Gasteiger partial charge is 0.260 e. The van der Waals surface area contributed by atoms with Crippen molar-refractivity contribution in [1.29, 1.82) is 0 Å². The van der Waals surface area contributed by atoms with Crippen molar-refractivity contribution < 1.29 is 14.4 Å². The highest BCUT2D eigenvalue weighted by Gasteiger charge is 2.30. The Kier molecular flexibility index (Phi) is 5.90. The van der Waals surface area contributed by atoms with Crippen LogP contribution in [-0.2, 0) is 22.6 Å². The molecule has 0 spiro atoms. The fourth-order valence-electron chi connectivity index (χ4n) is 3.97. The molecule has 0 saturated carbocycles. The van der Waals surface area contributed by atoms with Crippen molar-refractivity contribution in [2.24, 2.45) is 0 Å². The third kappa shape index (κ3) is 4.20. The lowest BCUT2D eigenvalue weighted by Crippen LogP contribution is -2.31. The second kappa shape index (κ2) is 9.15. The molecular formula is C26H22N4O3S. The van der Waals surface area contributed by atoms with E-state index in [0.717, 1.165) is 22.2 Å². The number of carbonyl (C=O) groups excluding carboxylic acids is 3. The average Bonchev–Trinajstić information content (AvgIpc) is 3.44. The SMILES string of the molecule is CCc1ccc2nc(N(Cc3cccnc3)C(=O)c3ccc(N4C(=O)CCC4=O)cc3)sc2c1. The first kappa shape index (κ1) is 21.9. The number of thiazole rings is 1. The van der Waals surface area contributed by atoms with Crippen molar-refractivity contribution >= 4 is 50.1 Å². The van der Waals surface area contributed by atoms with Gasteiger partial charge in [0.25, 0.3) is 5.91 Å². The Morgan fingerprint density at radius 2 is 1.79 bits per heavy atom. The van der Waals surface area contributed by atoms with E-state index >= 15 is 0 Å². The molecule has 8 heteroatoms. The number of amides is 3. The summed E-state index contributed by atoms with van der Waals surface area (Å²) in [4.78, 5) is 49.5. The van der Waals surface area contributed by atoms with E-state index < -0.39 is 0 Å². The first-order valence-corrected chi connectivity index (χ1v) is 11.9. The van der Waals surface area contributed by atoms with Crippen molar-refractivity contribution in [2.45, 2.75) is 32.7 Å². The Hall–Kier alpha value is -3.91. The minimum absolute atomic E-state index is 0.218. The van der Waals surface area contributed by atoms with Crippen LogP contribution in [0.3, 0.4) is 0 Å². The number of hydrogen-bond donors (Lipinski definition) is 0. The van der Waals surface area contributed by atoms with E-state index in [1.807, 2.05) is 18.2 Å². The van der Waals surface area contributed by atoms with Crippen LogP contribution in [0.25, 0.3) is 10.2 Å². The Labute approximate surface area is 200 Å². The Balaban J connectivity index is 1.49. The molecule has 3 heterocycles. The number of carbonyl (C=O) groups is 3. The van der Waals surface area contributed by atoms with E-state index in [0.29, 0.717) is 22.9 Å². The Bertz CT molecular complexity index is 1370. The van der Waals surface area contributed by atoms with Gasteiger partial charge in [0.1, 0.15) is 0 Å². The van der Waals surface area contributed by atoms with Gasteiger partial charge in [0.2, 0.25) is 11.8 Å². The summed E-state index contributed by atoms with van der Waals surface area (Å²) in [6, 6.07) is 16.5. The summed E-state index contributed by atoms with van der Waals surface area (Å²) >= 11 is 1.48. The normalized spacial score (nSPS) is 13.6. The van der Waals surface area contributed by atoms with E-state index in [1.165, 1.54) is 21.8 Å². The van der Waals surface area contributed by atoms with E-state index in [4.69, 9.17) is 4.98 Å². The van der Waals surface area contributed by atoms with Gasteiger partial charge >= 0.3 is 0 Å². The molecule has 0 unspecified atom stereocenters. The maximum atomic E-state index is 13.6. The topological polar surface area (TPSA) is 83.5 Å². The lowest BCUT2D eigenvalue weighted by molar-refractivity contribution is -0.121. The lowest BCUT2D eigenvalue weighted by Gasteiger charge is -2.20. The van der Waals surface area contributed by atoms with E-state index in [9.17, 15) is 14.4 Å². The third-order valence-electron chi connectivity index (χ3n) is 5.81. The number of fused-ring (bicyclic) bond motifs is 1. The minimum atomic E-state index is -0.219. The summed E-state index contributed by atoms with van der Waals surface area (Å²) in [5.74, 6) is -0.657. The van der Waals surface area contributed by atoms with Crippen molar-refractivity contribution in [3.63, 3.8) is 0 Å². The zero-order chi connectivity index (χ0) is 23.7. The van der Waals surface area contributed by atoms with Crippen molar-refractivity contribution in [2.75, 3.05) is 9.80 Å². The van der Waals surface area contributed by atoms with Crippen LogP contribution >= 0.6 is 11.3 Å². The van der Waals surface area contributed by atoms with Crippen LogP contribution in [0.4, 0.5) is 10.8 Å². The van der Waals surface area contributed by atoms with Gasteiger partial charge in [-0.2, -0.15) is 0 Å². The summed E-state index contributed by atoms with van der Waals surface area (Å²) in [5, 5.41) is 0.603. The van der Waals surface area contributed by atoms with Gasteiger partial charge in [0.15, 0.2) is 5.13 Å². The minimum Gasteiger partial charge on any atom is -0.279 e. The van der Waals surface area contributed by atoms with Crippen molar-refractivity contribution in [1.82, 2.24) is 9.97 Å². The summed E-state index contributed by atoms with van der Waals surface area (Å²) in [5.41, 5.74) is 3.88. The quantitative estimate of drug-likeness (QED) is 0.380.